The Labute approximate surface area is 107 Å². The Bertz CT molecular complexity index is 514. The summed E-state index contributed by atoms with van der Waals surface area (Å²) in [4.78, 5) is 11.4. The molecule has 0 aliphatic carbocycles. The summed E-state index contributed by atoms with van der Waals surface area (Å²) >= 11 is 16.6. The van der Waals surface area contributed by atoms with Crippen LogP contribution in [0.2, 0.25) is 10.0 Å². The maximum atomic E-state index is 11.4. The number of hydrogen-bond acceptors (Lipinski definition) is 2. The molecule has 1 saturated heterocycles. The number of carbonyl (C=O) groups is 1. The average Bonchev–Trinajstić information content (AvgIpc) is 2.53. The van der Waals surface area contributed by atoms with Crippen LogP contribution in [0.5, 0.6) is 0 Å². The van der Waals surface area contributed by atoms with Gasteiger partial charge in [0.2, 0.25) is 0 Å². The molecular formula is C10H6Cl2N2OS. The van der Waals surface area contributed by atoms with Crippen molar-refractivity contribution in [2.24, 2.45) is 0 Å². The Morgan fingerprint density at radius 3 is 2.62 bits per heavy atom. The molecule has 2 rings (SSSR count). The van der Waals surface area contributed by atoms with Crippen LogP contribution in [0.15, 0.2) is 23.9 Å². The Balaban J connectivity index is 2.40. The molecule has 1 aliphatic rings. The van der Waals surface area contributed by atoms with Gasteiger partial charge in [0.1, 0.15) is 5.70 Å². The quantitative estimate of drug-likeness (QED) is 0.609. The smallest absolute Gasteiger partial charge is 0.273 e. The molecule has 0 aromatic heterocycles. The lowest BCUT2D eigenvalue weighted by Gasteiger charge is -2.01. The third-order valence-corrected chi connectivity index (χ3v) is 3.04. The van der Waals surface area contributed by atoms with Gasteiger partial charge in [-0.1, -0.05) is 35.3 Å². The Morgan fingerprint density at radius 2 is 2.00 bits per heavy atom. The van der Waals surface area contributed by atoms with Crippen molar-refractivity contribution < 1.29 is 4.79 Å². The summed E-state index contributed by atoms with van der Waals surface area (Å²) in [6.45, 7) is 0. The fraction of sp³-hybridized carbons (Fsp3) is 0. The zero-order valence-corrected chi connectivity index (χ0v) is 10.2. The molecule has 0 radical (unpaired) electrons. The number of rotatable bonds is 1. The van der Waals surface area contributed by atoms with Gasteiger partial charge < -0.3 is 5.32 Å². The van der Waals surface area contributed by atoms with E-state index in [4.69, 9.17) is 35.4 Å². The van der Waals surface area contributed by atoms with Crippen LogP contribution in [0.4, 0.5) is 0 Å². The van der Waals surface area contributed by atoms with E-state index >= 15 is 0 Å². The van der Waals surface area contributed by atoms with Crippen molar-refractivity contribution in [3.05, 3.63) is 39.5 Å². The molecule has 6 heteroatoms. The van der Waals surface area contributed by atoms with E-state index in [1.165, 1.54) is 0 Å². The number of halogens is 2. The van der Waals surface area contributed by atoms with Crippen molar-refractivity contribution in [1.29, 1.82) is 0 Å². The second-order valence-corrected chi connectivity index (χ2v) is 4.30. The lowest BCUT2D eigenvalue weighted by molar-refractivity contribution is -0.115. The summed E-state index contributed by atoms with van der Waals surface area (Å²) in [7, 11) is 0. The van der Waals surface area contributed by atoms with Gasteiger partial charge in [0.05, 0.1) is 10.0 Å². The summed E-state index contributed by atoms with van der Waals surface area (Å²) in [6.07, 6.45) is 1.60. The van der Waals surface area contributed by atoms with E-state index in [9.17, 15) is 4.79 Å². The topological polar surface area (TPSA) is 41.1 Å². The van der Waals surface area contributed by atoms with E-state index < -0.39 is 0 Å². The minimum absolute atomic E-state index is 0.277. The molecule has 16 heavy (non-hydrogen) atoms. The Hall–Kier alpha value is -1.10. The summed E-state index contributed by atoms with van der Waals surface area (Å²) in [5.41, 5.74) is 1.02. The zero-order valence-electron chi connectivity index (χ0n) is 7.88. The molecule has 1 aliphatic heterocycles. The fourth-order valence-electron chi connectivity index (χ4n) is 1.27. The summed E-state index contributed by atoms with van der Waals surface area (Å²) in [6, 6.07) is 5.20. The van der Waals surface area contributed by atoms with Gasteiger partial charge in [-0.25, -0.2) is 0 Å². The van der Waals surface area contributed by atoms with Crippen LogP contribution in [0.1, 0.15) is 5.56 Å². The second kappa shape index (κ2) is 4.41. The highest BCUT2D eigenvalue weighted by molar-refractivity contribution is 7.80. The lowest BCUT2D eigenvalue weighted by Crippen LogP contribution is -2.21. The lowest BCUT2D eigenvalue weighted by atomic mass is 10.2. The number of nitrogens with one attached hydrogen (secondary N) is 2. The maximum Gasteiger partial charge on any atom is 0.273 e. The van der Waals surface area contributed by atoms with Crippen molar-refractivity contribution in [1.82, 2.24) is 10.6 Å². The monoisotopic (exact) mass is 272 g/mol. The highest BCUT2D eigenvalue weighted by Crippen LogP contribution is 2.27. The Morgan fingerprint density at radius 1 is 1.25 bits per heavy atom. The molecule has 82 valence electrons. The average molecular weight is 273 g/mol. The molecule has 0 spiro atoms. The van der Waals surface area contributed by atoms with Gasteiger partial charge in [0, 0.05) is 0 Å². The normalized spacial score (nSPS) is 17.5. The van der Waals surface area contributed by atoms with E-state index in [-0.39, 0.29) is 11.0 Å². The van der Waals surface area contributed by atoms with Crippen LogP contribution in [0.3, 0.4) is 0 Å². The zero-order chi connectivity index (χ0) is 11.7. The van der Waals surface area contributed by atoms with Crippen LogP contribution in [-0.4, -0.2) is 11.0 Å². The standard InChI is InChI=1S/C10H6Cl2N2OS/c11-6-3-1-2-5(8(6)12)4-7-9(15)14-10(16)13-7/h1-4H,(H2,13,14,15,16). The molecule has 1 aromatic carbocycles. The van der Waals surface area contributed by atoms with E-state index in [1.807, 2.05) is 0 Å². The number of hydrogen-bond donors (Lipinski definition) is 2. The van der Waals surface area contributed by atoms with Crippen molar-refractivity contribution in [2.75, 3.05) is 0 Å². The van der Waals surface area contributed by atoms with Crippen molar-refractivity contribution in [3.63, 3.8) is 0 Å². The first-order valence-corrected chi connectivity index (χ1v) is 5.52. The molecule has 1 amide bonds. The summed E-state index contributed by atoms with van der Waals surface area (Å²) in [5, 5.41) is 6.32. The highest BCUT2D eigenvalue weighted by Gasteiger charge is 2.20. The molecule has 1 aromatic rings. The molecule has 0 atom stereocenters. The van der Waals surface area contributed by atoms with Gasteiger partial charge in [-0.2, -0.15) is 0 Å². The van der Waals surface area contributed by atoms with Gasteiger partial charge in [-0.3, -0.25) is 10.1 Å². The SMILES string of the molecule is O=C1NC(=S)NC1=Cc1cccc(Cl)c1Cl. The number of amides is 1. The third-order valence-electron chi connectivity index (χ3n) is 2.00. The number of benzene rings is 1. The molecule has 3 nitrogen and oxygen atoms in total. The van der Waals surface area contributed by atoms with Crippen LogP contribution in [0.25, 0.3) is 6.08 Å². The van der Waals surface area contributed by atoms with Crippen LogP contribution >= 0.6 is 35.4 Å². The minimum Gasteiger partial charge on any atom is -0.328 e. The van der Waals surface area contributed by atoms with Crippen LogP contribution in [0, 0.1) is 0 Å². The number of thiocarbonyl (C=S) groups is 1. The third kappa shape index (κ3) is 2.19. The van der Waals surface area contributed by atoms with E-state index in [0.29, 0.717) is 21.3 Å². The van der Waals surface area contributed by atoms with Crippen LogP contribution in [-0.2, 0) is 4.79 Å². The van der Waals surface area contributed by atoms with Gasteiger partial charge in [-0.15, -0.1) is 0 Å². The van der Waals surface area contributed by atoms with Gasteiger partial charge in [0.15, 0.2) is 5.11 Å². The van der Waals surface area contributed by atoms with Crippen LogP contribution < -0.4 is 10.6 Å². The minimum atomic E-state index is -0.277. The largest absolute Gasteiger partial charge is 0.328 e. The Kier molecular flexibility index (Phi) is 3.14. The van der Waals surface area contributed by atoms with Crippen molar-refractivity contribution >= 4 is 52.5 Å². The number of carbonyl (C=O) groups excluding carboxylic acids is 1. The predicted molar refractivity (Wildman–Crippen MR) is 68.3 cm³/mol. The van der Waals surface area contributed by atoms with Gasteiger partial charge >= 0.3 is 0 Å². The molecule has 1 fully saturated rings. The molecular weight excluding hydrogens is 267 g/mol. The first kappa shape index (κ1) is 11.4. The fourth-order valence-corrected chi connectivity index (χ4v) is 1.83. The highest BCUT2D eigenvalue weighted by atomic mass is 35.5. The van der Waals surface area contributed by atoms with Crippen molar-refractivity contribution in [2.45, 2.75) is 0 Å². The van der Waals surface area contributed by atoms with Gasteiger partial charge in [-0.05, 0) is 29.9 Å². The van der Waals surface area contributed by atoms with Crippen molar-refractivity contribution in [3.8, 4) is 0 Å². The summed E-state index contributed by atoms with van der Waals surface area (Å²) < 4.78 is 0. The summed E-state index contributed by atoms with van der Waals surface area (Å²) in [5.74, 6) is -0.277. The first-order chi connectivity index (χ1) is 7.58. The second-order valence-electron chi connectivity index (χ2n) is 3.11. The molecule has 0 unspecified atom stereocenters. The first-order valence-electron chi connectivity index (χ1n) is 4.36. The van der Waals surface area contributed by atoms with E-state index in [2.05, 4.69) is 10.6 Å². The maximum absolute atomic E-state index is 11.4. The molecule has 0 saturated carbocycles. The van der Waals surface area contributed by atoms with Gasteiger partial charge in [0.25, 0.3) is 5.91 Å². The van der Waals surface area contributed by atoms with E-state index in [0.717, 1.165) is 0 Å². The molecule has 0 bridgehead atoms. The molecule has 2 N–H and O–H groups in total. The molecule has 1 heterocycles. The van der Waals surface area contributed by atoms with E-state index in [1.54, 1.807) is 24.3 Å². The predicted octanol–water partition coefficient (Wildman–Crippen LogP) is 2.34.